The van der Waals surface area contributed by atoms with Crippen LogP contribution in [0.4, 0.5) is 0 Å². The van der Waals surface area contributed by atoms with Crippen molar-refractivity contribution in [2.45, 2.75) is 29.9 Å². The summed E-state index contributed by atoms with van der Waals surface area (Å²) in [5, 5.41) is 12.5. The van der Waals surface area contributed by atoms with Crippen LogP contribution in [0.25, 0.3) is 11.0 Å². The maximum absolute atomic E-state index is 12.9. The minimum atomic E-state index is -3.56. The summed E-state index contributed by atoms with van der Waals surface area (Å²) in [6.45, 7) is 0.786. The highest BCUT2D eigenvalue weighted by Crippen LogP contribution is 2.21. The lowest BCUT2D eigenvalue weighted by Gasteiger charge is -2.15. The molecule has 0 saturated heterocycles. The van der Waals surface area contributed by atoms with Gasteiger partial charge in [-0.15, -0.1) is 11.3 Å². The first-order valence-corrected chi connectivity index (χ1v) is 12.1. The van der Waals surface area contributed by atoms with E-state index >= 15 is 0 Å². The molecule has 4 rings (SSSR count). The number of hydrogen-bond acceptors (Lipinski definition) is 6. The van der Waals surface area contributed by atoms with Crippen molar-refractivity contribution in [1.82, 2.24) is 9.55 Å². The zero-order valence-electron chi connectivity index (χ0n) is 16.2. The number of thiophene rings is 1. The van der Waals surface area contributed by atoms with Crippen LogP contribution < -0.4 is 0 Å². The van der Waals surface area contributed by atoms with Gasteiger partial charge in [-0.3, -0.25) is 0 Å². The number of imidazole rings is 1. The Labute approximate surface area is 179 Å². The second-order valence-electron chi connectivity index (χ2n) is 6.95. The minimum Gasteiger partial charge on any atom is -0.389 e. The Morgan fingerprint density at radius 2 is 1.80 bits per heavy atom. The molecule has 0 aliphatic heterocycles. The molecule has 1 atom stereocenters. The summed E-state index contributed by atoms with van der Waals surface area (Å²) in [6, 6.07) is 19.7. The number of fused-ring (bicyclic) bond motifs is 1. The van der Waals surface area contributed by atoms with Gasteiger partial charge in [-0.2, -0.15) is 0 Å². The molecule has 0 amide bonds. The summed E-state index contributed by atoms with van der Waals surface area (Å²) >= 11 is 1.60. The Bertz CT molecular complexity index is 1200. The first kappa shape index (κ1) is 20.7. The van der Waals surface area contributed by atoms with Crippen molar-refractivity contribution in [1.29, 1.82) is 0 Å². The summed E-state index contributed by atoms with van der Waals surface area (Å²) in [4.78, 5) is 5.87. The van der Waals surface area contributed by atoms with Gasteiger partial charge in [0.25, 0.3) is 0 Å². The molecule has 2 aromatic heterocycles. The van der Waals surface area contributed by atoms with Crippen molar-refractivity contribution in [3.63, 3.8) is 0 Å². The van der Waals surface area contributed by atoms with Crippen LogP contribution in [0.5, 0.6) is 0 Å². The molecule has 30 heavy (non-hydrogen) atoms. The van der Waals surface area contributed by atoms with E-state index in [1.54, 1.807) is 46.2 Å². The number of rotatable bonds is 9. The van der Waals surface area contributed by atoms with Gasteiger partial charge in [0.15, 0.2) is 9.84 Å². The average Bonchev–Trinajstić information content (AvgIpc) is 3.37. The number of nitrogens with zero attached hydrogens (tertiary/aromatic N) is 2. The van der Waals surface area contributed by atoms with Crippen LogP contribution in [-0.2, 0) is 33.5 Å². The molecular weight excluding hydrogens is 420 g/mol. The van der Waals surface area contributed by atoms with Crippen molar-refractivity contribution in [2.24, 2.45) is 0 Å². The van der Waals surface area contributed by atoms with Crippen molar-refractivity contribution in [3.8, 4) is 0 Å². The van der Waals surface area contributed by atoms with E-state index in [1.165, 1.54) is 0 Å². The number of sulfone groups is 1. The molecule has 2 aromatic carbocycles. The van der Waals surface area contributed by atoms with E-state index in [4.69, 9.17) is 4.74 Å². The quantitative estimate of drug-likeness (QED) is 0.428. The molecule has 6 nitrogen and oxygen atoms in total. The smallest absolute Gasteiger partial charge is 0.185 e. The van der Waals surface area contributed by atoms with Crippen molar-refractivity contribution in [2.75, 3.05) is 6.61 Å². The van der Waals surface area contributed by atoms with Gasteiger partial charge in [0.05, 0.1) is 41.8 Å². The molecule has 0 bridgehead atoms. The zero-order valence-corrected chi connectivity index (χ0v) is 17.8. The first-order valence-electron chi connectivity index (χ1n) is 9.53. The van der Waals surface area contributed by atoms with Gasteiger partial charge < -0.3 is 14.4 Å². The van der Waals surface area contributed by atoms with Gasteiger partial charge >= 0.3 is 0 Å². The number of hydrogen-bond donors (Lipinski definition) is 1. The van der Waals surface area contributed by atoms with E-state index in [0.29, 0.717) is 17.9 Å². The van der Waals surface area contributed by atoms with Gasteiger partial charge in [-0.25, -0.2) is 13.4 Å². The number of aromatic nitrogens is 2. The third kappa shape index (κ3) is 4.79. The van der Waals surface area contributed by atoms with E-state index in [2.05, 4.69) is 4.98 Å². The fourth-order valence-corrected chi connectivity index (χ4v) is 5.21. The third-order valence-corrected chi connectivity index (χ3v) is 7.16. The Morgan fingerprint density at radius 1 is 1.03 bits per heavy atom. The van der Waals surface area contributed by atoms with Gasteiger partial charge in [0.2, 0.25) is 0 Å². The average molecular weight is 443 g/mol. The molecule has 0 radical (unpaired) electrons. The summed E-state index contributed by atoms with van der Waals surface area (Å²) < 4.78 is 33.2. The van der Waals surface area contributed by atoms with Crippen molar-refractivity contribution >= 4 is 32.2 Å². The van der Waals surface area contributed by atoms with E-state index in [1.807, 2.05) is 41.8 Å². The number of para-hydroxylation sites is 2. The summed E-state index contributed by atoms with van der Waals surface area (Å²) in [7, 11) is -3.56. The lowest BCUT2D eigenvalue weighted by atomic mass is 10.3. The Morgan fingerprint density at radius 3 is 2.57 bits per heavy atom. The maximum Gasteiger partial charge on any atom is 0.185 e. The van der Waals surface area contributed by atoms with E-state index in [9.17, 15) is 13.5 Å². The highest BCUT2D eigenvalue weighted by Gasteiger charge is 2.21. The van der Waals surface area contributed by atoms with Crippen LogP contribution in [0.3, 0.4) is 0 Å². The Balaban J connectivity index is 1.54. The lowest BCUT2D eigenvalue weighted by molar-refractivity contribution is 0.0215. The van der Waals surface area contributed by atoms with Crippen LogP contribution in [-0.4, -0.2) is 35.8 Å². The molecule has 0 saturated carbocycles. The summed E-state index contributed by atoms with van der Waals surface area (Å²) in [6.07, 6.45) is -0.791. The van der Waals surface area contributed by atoms with E-state index in [-0.39, 0.29) is 23.8 Å². The molecule has 156 valence electrons. The molecule has 2 heterocycles. The maximum atomic E-state index is 12.9. The lowest BCUT2D eigenvalue weighted by Crippen LogP contribution is -2.23. The molecule has 4 aromatic rings. The summed E-state index contributed by atoms with van der Waals surface area (Å²) in [5.41, 5.74) is 1.48. The SMILES string of the molecule is O=S(=O)(Cc1nc2ccccc2n1CC(O)COCc1cccs1)c1ccccc1. The fourth-order valence-electron chi connectivity index (χ4n) is 3.27. The fraction of sp³-hybridized carbons (Fsp3) is 0.227. The third-order valence-electron chi connectivity index (χ3n) is 4.68. The molecule has 8 heteroatoms. The largest absolute Gasteiger partial charge is 0.389 e. The standard InChI is InChI=1S/C22H22N2O4S2/c25-17(14-28-15-18-7-6-12-29-18)13-24-21-11-5-4-10-20(21)23-22(24)16-30(26,27)19-8-2-1-3-9-19/h1-12,17,25H,13-16H2. The molecule has 1 unspecified atom stereocenters. The van der Waals surface area contributed by atoms with Crippen molar-refractivity contribution < 1.29 is 18.3 Å². The predicted octanol–water partition coefficient (Wildman–Crippen LogP) is 3.65. The van der Waals surface area contributed by atoms with E-state index < -0.39 is 15.9 Å². The number of benzene rings is 2. The van der Waals surface area contributed by atoms with Crippen molar-refractivity contribution in [3.05, 3.63) is 82.8 Å². The van der Waals surface area contributed by atoms with Gasteiger partial charge in [0.1, 0.15) is 11.6 Å². The van der Waals surface area contributed by atoms with Crippen LogP contribution in [0.15, 0.2) is 77.0 Å². The second kappa shape index (κ2) is 9.09. The highest BCUT2D eigenvalue weighted by molar-refractivity contribution is 7.90. The number of aliphatic hydroxyl groups excluding tert-OH is 1. The number of aliphatic hydroxyl groups is 1. The molecule has 0 spiro atoms. The monoisotopic (exact) mass is 442 g/mol. The second-order valence-corrected chi connectivity index (χ2v) is 9.97. The van der Waals surface area contributed by atoms with Crippen LogP contribution in [0, 0.1) is 0 Å². The number of ether oxygens (including phenoxy) is 1. The molecule has 0 fully saturated rings. The zero-order chi connectivity index (χ0) is 21.0. The molecule has 0 aliphatic carbocycles. The normalized spacial score (nSPS) is 13.0. The van der Waals surface area contributed by atoms with Gasteiger partial charge in [-0.05, 0) is 35.7 Å². The summed E-state index contributed by atoms with van der Waals surface area (Å²) in [5.74, 6) is 0.159. The van der Waals surface area contributed by atoms with Gasteiger partial charge in [0, 0.05) is 4.88 Å². The topological polar surface area (TPSA) is 81.4 Å². The first-order chi connectivity index (χ1) is 14.5. The predicted molar refractivity (Wildman–Crippen MR) is 117 cm³/mol. The Hall–Kier alpha value is -2.52. The van der Waals surface area contributed by atoms with Crippen LogP contribution in [0.2, 0.25) is 0 Å². The highest BCUT2D eigenvalue weighted by atomic mass is 32.2. The molecular formula is C22H22N2O4S2. The van der Waals surface area contributed by atoms with Crippen LogP contribution >= 0.6 is 11.3 Å². The molecule has 1 N–H and O–H groups in total. The van der Waals surface area contributed by atoms with E-state index in [0.717, 1.165) is 10.4 Å². The Kier molecular flexibility index (Phi) is 6.29. The van der Waals surface area contributed by atoms with Crippen LogP contribution in [0.1, 0.15) is 10.7 Å². The van der Waals surface area contributed by atoms with Gasteiger partial charge in [-0.1, -0.05) is 36.4 Å². The minimum absolute atomic E-state index is 0.148. The molecule has 0 aliphatic rings.